The summed E-state index contributed by atoms with van der Waals surface area (Å²) in [6.45, 7) is 1.36. The van der Waals surface area contributed by atoms with Crippen molar-refractivity contribution < 1.29 is 23.5 Å². The van der Waals surface area contributed by atoms with E-state index in [9.17, 15) is 14.0 Å². The van der Waals surface area contributed by atoms with Gasteiger partial charge in [-0.15, -0.1) is 0 Å². The van der Waals surface area contributed by atoms with E-state index in [1.54, 1.807) is 47.4 Å². The molecule has 1 aliphatic heterocycles. The quantitative estimate of drug-likeness (QED) is 0.490. The van der Waals surface area contributed by atoms with Crippen LogP contribution in [-0.4, -0.2) is 43.0 Å². The fraction of sp³-hybridized carbons (Fsp3) is 0.286. The first-order chi connectivity index (χ1) is 17.1. The first-order valence-electron chi connectivity index (χ1n) is 11.8. The molecule has 0 aliphatic carbocycles. The molecular formula is C28H29FN2O4. The summed E-state index contributed by atoms with van der Waals surface area (Å²) in [7, 11) is 0. The molecule has 1 fully saturated rings. The molecule has 1 N–H and O–H groups in total. The standard InChI is InChI=1S/C28H29FN2O4/c29-26-9-5-4-6-21(26)14-17-30-28(33)22-15-18-31(19-16-22)27(32)20-34-23-10-12-25(13-11-23)35-24-7-2-1-3-8-24/h1-13,22H,14-20H2,(H,30,33). The lowest BCUT2D eigenvalue weighted by molar-refractivity contribution is -0.137. The SMILES string of the molecule is O=C(NCCc1ccccc1F)C1CCN(C(=O)COc2ccc(Oc3ccccc3)cc2)CC1. The molecule has 0 radical (unpaired) electrons. The van der Waals surface area contributed by atoms with Crippen molar-refractivity contribution >= 4 is 11.8 Å². The van der Waals surface area contributed by atoms with Gasteiger partial charge in [0.15, 0.2) is 6.61 Å². The van der Waals surface area contributed by atoms with E-state index in [-0.39, 0.29) is 30.2 Å². The molecule has 0 bridgehead atoms. The number of ether oxygens (including phenoxy) is 2. The van der Waals surface area contributed by atoms with Gasteiger partial charge in [-0.05, 0) is 67.3 Å². The average molecular weight is 477 g/mol. The van der Waals surface area contributed by atoms with Crippen molar-refractivity contribution in [3.63, 3.8) is 0 Å². The predicted octanol–water partition coefficient (Wildman–Crippen LogP) is 4.59. The van der Waals surface area contributed by atoms with Crippen LogP contribution in [0.25, 0.3) is 0 Å². The Hall–Kier alpha value is -3.87. The van der Waals surface area contributed by atoms with Crippen LogP contribution in [0, 0.1) is 11.7 Å². The molecule has 1 saturated heterocycles. The van der Waals surface area contributed by atoms with Crippen molar-refractivity contribution in [1.29, 1.82) is 0 Å². The van der Waals surface area contributed by atoms with Crippen LogP contribution in [0.3, 0.4) is 0 Å². The molecule has 2 amide bonds. The first kappa shape index (κ1) is 24.3. The van der Waals surface area contributed by atoms with Crippen LogP contribution in [0.5, 0.6) is 17.2 Å². The second-order valence-corrected chi connectivity index (χ2v) is 8.46. The highest BCUT2D eigenvalue weighted by molar-refractivity contribution is 5.80. The van der Waals surface area contributed by atoms with Gasteiger partial charge >= 0.3 is 0 Å². The number of rotatable bonds is 9. The van der Waals surface area contributed by atoms with E-state index in [4.69, 9.17) is 9.47 Å². The molecule has 1 heterocycles. The zero-order chi connectivity index (χ0) is 24.5. The highest BCUT2D eigenvalue weighted by atomic mass is 19.1. The Morgan fingerprint density at radius 3 is 2.20 bits per heavy atom. The minimum absolute atomic E-state index is 0.0394. The molecule has 3 aromatic rings. The van der Waals surface area contributed by atoms with E-state index >= 15 is 0 Å². The van der Waals surface area contributed by atoms with Crippen LogP contribution < -0.4 is 14.8 Å². The Kier molecular flexibility index (Phi) is 8.33. The van der Waals surface area contributed by atoms with Gasteiger partial charge in [-0.25, -0.2) is 4.39 Å². The molecule has 3 aromatic carbocycles. The number of nitrogens with zero attached hydrogens (tertiary/aromatic N) is 1. The van der Waals surface area contributed by atoms with E-state index in [1.807, 2.05) is 30.3 Å². The van der Waals surface area contributed by atoms with Crippen LogP contribution in [0.2, 0.25) is 0 Å². The fourth-order valence-electron chi connectivity index (χ4n) is 4.02. The third kappa shape index (κ3) is 7.06. The molecule has 0 unspecified atom stereocenters. The second-order valence-electron chi connectivity index (χ2n) is 8.46. The average Bonchev–Trinajstić information content (AvgIpc) is 2.90. The largest absolute Gasteiger partial charge is 0.484 e. The maximum Gasteiger partial charge on any atom is 0.260 e. The number of amides is 2. The van der Waals surface area contributed by atoms with E-state index < -0.39 is 0 Å². The van der Waals surface area contributed by atoms with Gasteiger partial charge < -0.3 is 19.7 Å². The topological polar surface area (TPSA) is 67.9 Å². The van der Waals surface area contributed by atoms with Crippen LogP contribution in [-0.2, 0) is 16.0 Å². The summed E-state index contributed by atoms with van der Waals surface area (Å²) in [6, 6.07) is 23.2. The molecule has 0 atom stereocenters. The molecule has 0 saturated carbocycles. The molecule has 182 valence electrons. The number of benzene rings is 3. The normalized spacial score (nSPS) is 13.8. The lowest BCUT2D eigenvalue weighted by Crippen LogP contribution is -2.44. The third-order valence-electron chi connectivity index (χ3n) is 6.03. The summed E-state index contributed by atoms with van der Waals surface area (Å²) in [4.78, 5) is 26.7. The van der Waals surface area contributed by atoms with Crippen LogP contribution >= 0.6 is 0 Å². The lowest BCUT2D eigenvalue weighted by Gasteiger charge is -2.31. The molecule has 35 heavy (non-hydrogen) atoms. The van der Waals surface area contributed by atoms with Gasteiger partial charge in [0.05, 0.1) is 0 Å². The zero-order valence-electron chi connectivity index (χ0n) is 19.5. The number of para-hydroxylation sites is 1. The van der Waals surface area contributed by atoms with Crippen LogP contribution in [0.15, 0.2) is 78.9 Å². The van der Waals surface area contributed by atoms with Crippen LogP contribution in [0.4, 0.5) is 4.39 Å². The van der Waals surface area contributed by atoms with Crippen molar-refractivity contribution in [3.8, 4) is 17.2 Å². The number of hydrogen-bond donors (Lipinski definition) is 1. The van der Waals surface area contributed by atoms with Gasteiger partial charge in [0.1, 0.15) is 23.1 Å². The summed E-state index contributed by atoms with van der Waals surface area (Å²) in [5.41, 5.74) is 0.589. The Balaban J connectivity index is 1.15. The summed E-state index contributed by atoms with van der Waals surface area (Å²) < 4.78 is 25.1. The van der Waals surface area contributed by atoms with Crippen molar-refractivity contribution in [1.82, 2.24) is 10.2 Å². The van der Waals surface area contributed by atoms with Crippen molar-refractivity contribution in [2.75, 3.05) is 26.2 Å². The molecule has 1 aliphatic rings. The highest BCUT2D eigenvalue weighted by Gasteiger charge is 2.27. The van der Waals surface area contributed by atoms with Gasteiger partial charge in [0.25, 0.3) is 5.91 Å². The van der Waals surface area contributed by atoms with E-state index in [0.29, 0.717) is 56.0 Å². The summed E-state index contributed by atoms with van der Waals surface area (Å²) in [5, 5.41) is 2.89. The summed E-state index contributed by atoms with van der Waals surface area (Å²) in [6.07, 6.45) is 1.65. The molecule has 0 spiro atoms. The number of carbonyl (C=O) groups excluding carboxylic acids is 2. The van der Waals surface area contributed by atoms with E-state index in [2.05, 4.69) is 5.32 Å². The summed E-state index contributed by atoms with van der Waals surface area (Å²) >= 11 is 0. The maximum atomic E-state index is 13.7. The highest BCUT2D eigenvalue weighted by Crippen LogP contribution is 2.24. The maximum absolute atomic E-state index is 13.7. The Bertz CT molecular complexity index is 1110. The number of likely N-dealkylation sites (tertiary alicyclic amines) is 1. The molecule has 7 heteroatoms. The predicted molar refractivity (Wildman–Crippen MR) is 131 cm³/mol. The van der Waals surface area contributed by atoms with Crippen molar-refractivity contribution in [2.45, 2.75) is 19.3 Å². The van der Waals surface area contributed by atoms with Crippen molar-refractivity contribution in [2.24, 2.45) is 5.92 Å². The number of halogens is 1. The Morgan fingerprint density at radius 1 is 0.857 bits per heavy atom. The zero-order valence-corrected chi connectivity index (χ0v) is 19.5. The number of hydrogen-bond acceptors (Lipinski definition) is 4. The molecule has 4 rings (SSSR count). The second kappa shape index (κ2) is 12.0. The fourth-order valence-corrected chi connectivity index (χ4v) is 4.02. The van der Waals surface area contributed by atoms with Gasteiger partial charge in [0, 0.05) is 25.6 Å². The van der Waals surface area contributed by atoms with Crippen molar-refractivity contribution in [3.05, 3.63) is 90.2 Å². The van der Waals surface area contributed by atoms with Gasteiger partial charge in [-0.1, -0.05) is 36.4 Å². The number of carbonyl (C=O) groups is 2. The van der Waals surface area contributed by atoms with Crippen LogP contribution in [0.1, 0.15) is 18.4 Å². The molecule has 6 nitrogen and oxygen atoms in total. The van der Waals surface area contributed by atoms with E-state index in [1.165, 1.54) is 6.07 Å². The molecular weight excluding hydrogens is 447 g/mol. The monoisotopic (exact) mass is 476 g/mol. The van der Waals surface area contributed by atoms with E-state index in [0.717, 1.165) is 5.75 Å². The molecule has 0 aromatic heterocycles. The number of nitrogens with one attached hydrogen (secondary N) is 1. The minimum Gasteiger partial charge on any atom is -0.484 e. The Labute approximate surface area is 204 Å². The number of piperidine rings is 1. The third-order valence-corrected chi connectivity index (χ3v) is 6.03. The van der Waals surface area contributed by atoms with Gasteiger partial charge in [-0.3, -0.25) is 9.59 Å². The minimum atomic E-state index is -0.257. The smallest absolute Gasteiger partial charge is 0.260 e. The summed E-state index contributed by atoms with van der Waals surface area (Å²) in [5.74, 6) is 1.48. The van der Waals surface area contributed by atoms with Gasteiger partial charge in [0.2, 0.25) is 5.91 Å². The Morgan fingerprint density at radius 2 is 1.49 bits per heavy atom. The first-order valence-corrected chi connectivity index (χ1v) is 11.8. The van der Waals surface area contributed by atoms with Gasteiger partial charge in [-0.2, -0.15) is 0 Å². The lowest BCUT2D eigenvalue weighted by atomic mass is 9.96.